The van der Waals surface area contributed by atoms with Gasteiger partial charge in [0, 0.05) is 44.8 Å². The summed E-state index contributed by atoms with van der Waals surface area (Å²) in [7, 11) is -3.81. The lowest BCUT2D eigenvalue weighted by Crippen LogP contribution is -2.49. The molecule has 2 aromatic heterocycles. The van der Waals surface area contributed by atoms with Gasteiger partial charge in [-0.25, -0.2) is 23.5 Å². The number of sulfonamides is 1. The summed E-state index contributed by atoms with van der Waals surface area (Å²) in [5, 5.41) is 5.01. The van der Waals surface area contributed by atoms with E-state index in [1.54, 1.807) is 17.3 Å². The molecule has 3 heterocycles. The summed E-state index contributed by atoms with van der Waals surface area (Å²) in [6.07, 6.45) is 4.54. The monoisotopic (exact) mass is 336 g/mol. The molecule has 2 aromatic rings. The molecule has 9 nitrogen and oxygen atoms in total. The highest BCUT2D eigenvalue weighted by Crippen LogP contribution is 2.13. The first-order chi connectivity index (χ1) is 10.9. The number of carbonyl (C=O) groups is 1. The Labute approximate surface area is 133 Å². The van der Waals surface area contributed by atoms with Crippen LogP contribution in [0, 0.1) is 0 Å². The van der Waals surface area contributed by atoms with Gasteiger partial charge in [-0.3, -0.25) is 4.79 Å². The third-order valence-corrected chi connectivity index (χ3v) is 4.53. The molecule has 10 heteroatoms. The predicted octanol–water partition coefficient (Wildman–Crippen LogP) is -0.585. The maximum atomic E-state index is 12.4. The third-order valence-electron chi connectivity index (χ3n) is 3.63. The van der Waals surface area contributed by atoms with Gasteiger partial charge in [0.05, 0.1) is 0 Å². The van der Waals surface area contributed by atoms with Crippen LogP contribution in [0.5, 0.6) is 0 Å². The number of piperazine rings is 1. The van der Waals surface area contributed by atoms with Crippen molar-refractivity contribution in [3.8, 4) is 0 Å². The molecule has 1 aliphatic rings. The number of aromatic nitrogens is 3. The molecule has 1 amide bonds. The third kappa shape index (κ3) is 3.32. The SMILES string of the molecule is NS(=O)(=O)c1ccc(C(=O)N2CCN(c3ncc[nH]3)CC2)nc1. The number of H-pyrrole nitrogens is 1. The van der Waals surface area contributed by atoms with Gasteiger partial charge in [-0.05, 0) is 12.1 Å². The average Bonchev–Trinajstić information content (AvgIpc) is 3.08. The van der Waals surface area contributed by atoms with Gasteiger partial charge in [0.2, 0.25) is 16.0 Å². The molecule has 122 valence electrons. The van der Waals surface area contributed by atoms with Crippen molar-refractivity contribution < 1.29 is 13.2 Å². The van der Waals surface area contributed by atoms with Gasteiger partial charge in [0.25, 0.3) is 5.91 Å². The lowest BCUT2D eigenvalue weighted by Gasteiger charge is -2.34. The van der Waals surface area contributed by atoms with Crippen molar-refractivity contribution in [2.24, 2.45) is 5.14 Å². The minimum Gasteiger partial charge on any atom is -0.339 e. The molecular weight excluding hydrogens is 320 g/mol. The summed E-state index contributed by atoms with van der Waals surface area (Å²) in [6, 6.07) is 2.66. The highest BCUT2D eigenvalue weighted by atomic mass is 32.2. The summed E-state index contributed by atoms with van der Waals surface area (Å²) in [6.45, 7) is 2.40. The van der Waals surface area contributed by atoms with E-state index in [4.69, 9.17) is 5.14 Å². The van der Waals surface area contributed by atoms with Crippen LogP contribution in [0.15, 0.2) is 35.6 Å². The van der Waals surface area contributed by atoms with Crippen LogP contribution in [0.25, 0.3) is 0 Å². The van der Waals surface area contributed by atoms with E-state index in [1.807, 2.05) is 0 Å². The standard InChI is InChI=1S/C13H16N6O3S/c14-23(21,22)10-1-2-11(17-9-10)12(20)18-5-7-19(8-6-18)13-15-3-4-16-13/h1-4,9H,5-8H2,(H,15,16)(H2,14,21,22). The van der Waals surface area contributed by atoms with E-state index in [2.05, 4.69) is 19.9 Å². The van der Waals surface area contributed by atoms with Crippen LogP contribution in [0.1, 0.15) is 10.5 Å². The van der Waals surface area contributed by atoms with Gasteiger partial charge >= 0.3 is 0 Å². The number of anilines is 1. The lowest BCUT2D eigenvalue weighted by atomic mass is 10.2. The number of carbonyl (C=O) groups excluding carboxylic acids is 1. The number of primary sulfonamides is 1. The molecule has 1 aliphatic heterocycles. The zero-order valence-corrected chi connectivity index (χ0v) is 13.0. The van der Waals surface area contributed by atoms with Crippen LogP contribution in [0.2, 0.25) is 0 Å². The number of nitrogens with two attached hydrogens (primary N) is 1. The number of nitrogens with one attached hydrogen (secondary N) is 1. The topological polar surface area (TPSA) is 125 Å². The minimum absolute atomic E-state index is 0.114. The number of hydrogen-bond donors (Lipinski definition) is 2. The van der Waals surface area contributed by atoms with E-state index in [1.165, 1.54) is 12.1 Å². The molecule has 0 unspecified atom stereocenters. The van der Waals surface area contributed by atoms with Crippen molar-refractivity contribution in [3.05, 3.63) is 36.4 Å². The van der Waals surface area contributed by atoms with E-state index in [0.29, 0.717) is 26.2 Å². The summed E-state index contributed by atoms with van der Waals surface area (Å²) in [4.78, 5) is 27.1. The number of rotatable bonds is 3. The highest BCUT2D eigenvalue weighted by molar-refractivity contribution is 7.89. The average molecular weight is 336 g/mol. The van der Waals surface area contributed by atoms with Crippen LogP contribution in [0.4, 0.5) is 5.95 Å². The first-order valence-electron chi connectivity index (χ1n) is 6.97. The fourth-order valence-corrected chi connectivity index (χ4v) is 2.85. The van der Waals surface area contributed by atoms with Crippen molar-refractivity contribution in [3.63, 3.8) is 0 Å². The zero-order valence-electron chi connectivity index (χ0n) is 12.2. The molecule has 3 rings (SSSR count). The van der Waals surface area contributed by atoms with E-state index in [0.717, 1.165) is 12.1 Å². The predicted molar refractivity (Wildman–Crippen MR) is 82.3 cm³/mol. The second-order valence-corrected chi connectivity index (χ2v) is 6.68. The maximum absolute atomic E-state index is 12.4. The normalized spacial score (nSPS) is 15.7. The Balaban J connectivity index is 1.65. The van der Waals surface area contributed by atoms with E-state index in [-0.39, 0.29) is 16.5 Å². The zero-order chi connectivity index (χ0) is 16.4. The maximum Gasteiger partial charge on any atom is 0.272 e. The Morgan fingerprint density at radius 3 is 2.43 bits per heavy atom. The molecule has 3 N–H and O–H groups in total. The molecule has 0 bridgehead atoms. The van der Waals surface area contributed by atoms with Crippen molar-refractivity contribution >= 4 is 21.9 Å². The van der Waals surface area contributed by atoms with Crippen LogP contribution < -0.4 is 10.0 Å². The second kappa shape index (κ2) is 5.97. The number of aromatic amines is 1. The van der Waals surface area contributed by atoms with Gasteiger partial charge in [0.1, 0.15) is 10.6 Å². The Morgan fingerprint density at radius 1 is 1.17 bits per heavy atom. The van der Waals surface area contributed by atoms with Crippen LogP contribution in [-0.2, 0) is 10.0 Å². The Morgan fingerprint density at radius 2 is 1.91 bits per heavy atom. The van der Waals surface area contributed by atoms with Gasteiger partial charge in [-0.1, -0.05) is 0 Å². The molecule has 0 radical (unpaired) electrons. The summed E-state index contributed by atoms with van der Waals surface area (Å²) >= 11 is 0. The number of nitrogens with zero attached hydrogens (tertiary/aromatic N) is 4. The van der Waals surface area contributed by atoms with Gasteiger partial charge in [-0.2, -0.15) is 0 Å². The van der Waals surface area contributed by atoms with Gasteiger partial charge in [-0.15, -0.1) is 0 Å². The molecule has 0 atom stereocenters. The van der Waals surface area contributed by atoms with Crippen molar-refractivity contribution in [2.45, 2.75) is 4.90 Å². The van der Waals surface area contributed by atoms with Crippen molar-refractivity contribution in [1.82, 2.24) is 19.9 Å². The van der Waals surface area contributed by atoms with Gasteiger partial charge < -0.3 is 14.8 Å². The lowest BCUT2D eigenvalue weighted by molar-refractivity contribution is 0.0740. The minimum atomic E-state index is -3.81. The fraction of sp³-hybridized carbons (Fsp3) is 0.308. The summed E-state index contributed by atoms with van der Waals surface area (Å²) in [5.41, 5.74) is 0.198. The number of pyridine rings is 1. The Kier molecular flexibility index (Phi) is 4.01. The van der Waals surface area contributed by atoms with E-state index < -0.39 is 10.0 Å². The van der Waals surface area contributed by atoms with Crippen molar-refractivity contribution in [2.75, 3.05) is 31.1 Å². The Bertz CT molecular complexity index is 780. The molecule has 0 aromatic carbocycles. The van der Waals surface area contributed by atoms with Crippen LogP contribution >= 0.6 is 0 Å². The van der Waals surface area contributed by atoms with Crippen LogP contribution in [0.3, 0.4) is 0 Å². The van der Waals surface area contributed by atoms with Gasteiger partial charge in [0.15, 0.2) is 0 Å². The quantitative estimate of drug-likeness (QED) is 0.772. The molecule has 1 fully saturated rings. The van der Waals surface area contributed by atoms with E-state index >= 15 is 0 Å². The molecule has 23 heavy (non-hydrogen) atoms. The van der Waals surface area contributed by atoms with Crippen molar-refractivity contribution in [1.29, 1.82) is 0 Å². The number of amides is 1. The molecular formula is C13H16N6O3S. The van der Waals surface area contributed by atoms with E-state index in [9.17, 15) is 13.2 Å². The molecule has 0 aliphatic carbocycles. The first kappa shape index (κ1) is 15.4. The molecule has 0 spiro atoms. The smallest absolute Gasteiger partial charge is 0.272 e. The fourth-order valence-electron chi connectivity index (χ4n) is 2.39. The van der Waals surface area contributed by atoms with Crippen LogP contribution in [-0.4, -0.2) is 60.4 Å². The summed E-state index contributed by atoms with van der Waals surface area (Å²) in [5.74, 6) is 0.554. The molecule has 1 saturated heterocycles. The first-order valence-corrected chi connectivity index (χ1v) is 8.52. The Hall–Kier alpha value is -2.46. The number of imidazole rings is 1. The number of hydrogen-bond acceptors (Lipinski definition) is 6. The largest absolute Gasteiger partial charge is 0.339 e. The second-order valence-electron chi connectivity index (χ2n) is 5.12. The highest BCUT2D eigenvalue weighted by Gasteiger charge is 2.24. The molecule has 0 saturated carbocycles. The summed E-state index contributed by atoms with van der Waals surface area (Å²) < 4.78 is 22.4.